The third-order valence-corrected chi connectivity index (χ3v) is 4.46. The molecule has 6 heteroatoms. The lowest BCUT2D eigenvalue weighted by molar-refractivity contribution is -0.136. The van der Waals surface area contributed by atoms with Crippen LogP contribution in [0.5, 0.6) is 0 Å². The van der Waals surface area contributed by atoms with E-state index in [1.54, 1.807) is 6.92 Å². The van der Waals surface area contributed by atoms with Gasteiger partial charge in [0.2, 0.25) is 0 Å². The van der Waals surface area contributed by atoms with E-state index < -0.39 is 26.9 Å². The van der Waals surface area contributed by atoms with Crippen LogP contribution in [0, 0.1) is 5.82 Å². The fourth-order valence-corrected chi connectivity index (χ4v) is 3.12. The molecule has 0 saturated carbocycles. The van der Waals surface area contributed by atoms with Crippen LogP contribution in [0.4, 0.5) is 4.39 Å². The highest BCUT2D eigenvalue weighted by molar-refractivity contribution is 7.92. The predicted octanol–water partition coefficient (Wildman–Crippen LogP) is 1.85. The molecule has 1 aromatic rings. The predicted molar refractivity (Wildman–Crippen MR) is 59.9 cm³/mol. The molecule has 17 heavy (non-hydrogen) atoms. The van der Waals surface area contributed by atoms with Gasteiger partial charge in [-0.15, -0.1) is 0 Å². The van der Waals surface area contributed by atoms with E-state index in [0.29, 0.717) is 6.42 Å². The molecule has 4 nitrogen and oxygen atoms in total. The number of benzene rings is 1. The van der Waals surface area contributed by atoms with Crippen molar-refractivity contribution >= 4 is 15.8 Å². The Morgan fingerprint density at radius 3 is 2.29 bits per heavy atom. The van der Waals surface area contributed by atoms with Gasteiger partial charge in [-0.1, -0.05) is 13.3 Å². The summed E-state index contributed by atoms with van der Waals surface area (Å²) in [5, 5.41) is 7.43. The quantitative estimate of drug-likeness (QED) is 0.820. The molecule has 0 saturated heterocycles. The summed E-state index contributed by atoms with van der Waals surface area (Å²) in [6.45, 7) is 1.70. The second kappa shape index (κ2) is 5.27. The van der Waals surface area contributed by atoms with Gasteiger partial charge in [0.1, 0.15) is 5.82 Å². The van der Waals surface area contributed by atoms with Crippen LogP contribution in [0.3, 0.4) is 0 Å². The number of carbonyl (C=O) groups is 1. The summed E-state index contributed by atoms with van der Waals surface area (Å²) in [4.78, 5) is 10.8. The van der Waals surface area contributed by atoms with Crippen molar-refractivity contribution in [2.75, 3.05) is 0 Å². The van der Waals surface area contributed by atoms with Crippen molar-refractivity contribution in [3.63, 3.8) is 0 Å². The van der Waals surface area contributed by atoms with Gasteiger partial charge in [0.25, 0.3) is 0 Å². The average molecular weight is 260 g/mol. The molecule has 0 radical (unpaired) electrons. The van der Waals surface area contributed by atoms with Gasteiger partial charge in [0, 0.05) is 0 Å². The van der Waals surface area contributed by atoms with Gasteiger partial charge in [-0.3, -0.25) is 4.79 Å². The smallest absolute Gasteiger partial charge is 0.322 e. The van der Waals surface area contributed by atoms with E-state index in [0.717, 1.165) is 24.3 Å². The molecule has 1 N–H and O–H groups in total. The molecule has 94 valence electrons. The molecule has 1 rings (SSSR count). The molecule has 0 fully saturated rings. The first-order chi connectivity index (χ1) is 7.89. The molecule has 1 atom stereocenters. The first-order valence-corrected chi connectivity index (χ1v) is 6.66. The largest absolute Gasteiger partial charge is 0.480 e. The van der Waals surface area contributed by atoms with Gasteiger partial charge >= 0.3 is 5.97 Å². The summed E-state index contributed by atoms with van der Waals surface area (Å²) in [5.74, 6) is -1.94. The van der Waals surface area contributed by atoms with E-state index in [1.807, 2.05) is 0 Å². The highest BCUT2D eigenvalue weighted by Crippen LogP contribution is 2.20. The monoisotopic (exact) mass is 260 g/mol. The van der Waals surface area contributed by atoms with Gasteiger partial charge in [0.05, 0.1) is 4.90 Å². The minimum absolute atomic E-state index is 0.0367. The Labute approximate surface area is 99.0 Å². The Kier molecular flexibility index (Phi) is 4.22. The number of aliphatic carboxylic acids is 1. The standard InChI is InChI=1S/C11H13FO4S/c1-2-3-10(11(13)14)17(15,16)9-6-4-8(12)5-7-9/h4-7,10H,2-3H2,1H3,(H,13,14). The van der Waals surface area contributed by atoms with Gasteiger partial charge in [0.15, 0.2) is 15.1 Å². The fourth-order valence-electron chi connectivity index (χ4n) is 1.46. The van der Waals surface area contributed by atoms with Gasteiger partial charge in [-0.05, 0) is 30.7 Å². The van der Waals surface area contributed by atoms with Crippen molar-refractivity contribution < 1.29 is 22.7 Å². The second-order valence-corrected chi connectivity index (χ2v) is 5.74. The molecule has 0 aromatic heterocycles. The van der Waals surface area contributed by atoms with E-state index in [1.165, 1.54) is 0 Å². The summed E-state index contributed by atoms with van der Waals surface area (Å²) >= 11 is 0. The van der Waals surface area contributed by atoms with Crippen LogP contribution >= 0.6 is 0 Å². The summed E-state index contributed by atoms with van der Waals surface area (Å²) in [5.41, 5.74) is 0. The maximum atomic E-state index is 12.7. The van der Waals surface area contributed by atoms with Crippen LogP contribution in [-0.2, 0) is 14.6 Å². The zero-order valence-electron chi connectivity index (χ0n) is 9.26. The molecular weight excluding hydrogens is 247 g/mol. The minimum Gasteiger partial charge on any atom is -0.480 e. The van der Waals surface area contributed by atoms with Crippen LogP contribution < -0.4 is 0 Å². The van der Waals surface area contributed by atoms with Crippen LogP contribution in [0.2, 0.25) is 0 Å². The van der Waals surface area contributed by atoms with E-state index in [9.17, 15) is 17.6 Å². The van der Waals surface area contributed by atoms with Crippen LogP contribution in [0.1, 0.15) is 19.8 Å². The van der Waals surface area contributed by atoms with Crippen LogP contribution in [0.15, 0.2) is 29.2 Å². The molecule has 0 amide bonds. The lowest BCUT2D eigenvalue weighted by Crippen LogP contribution is -2.30. The number of carboxylic acids is 1. The number of carboxylic acid groups (broad SMARTS) is 1. The van der Waals surface area contributed by atoms with Crippen molar-refractivity contribution in [1.82, 2.24) is 0 Å². The van der Waals surface area contributed by atoms with E-state index >= 15 is 0 Å². The molecule has 0 aliphatic heterocycles. The van der Waals surface area contributed by atoms with Gasteiger partial charge in [-0.25, -0.2) is 12.8 Å². The van der Waals surface area contributed by atoms with Crippen molar-refractivity contribution in [2.24, 2.45) is 0 Å². The molecule has 1 aromatic carbocycles. The van der Waals surface area contributed by atoms with Crippen molar-refractivity contribution in [1.29, 1.82) is 0 Å². The zero-order valence-corrected chi connectivity index (χ0v) is 10.1. The summed E-state index contributed by atoms with van der Waals surface area (Å²) in [6, 6.07) is 4.15. The number of hydrogen-bond acceptors (Lipinski definition) is 3. The van der Waals surface area contributed by atoms with E-state index in [2.05, 4.69) is 0 Å². The van der Waals surface area contributed by atoms with Gasteiger partial charge in [-0.2, -0.15) is 0 Å². The summed E-state index contributed by atoms with van der Waals surface area (Å²) < 4.78 is 36.6. The highest BCUT2D eigenvalue weighted by Gasteiger charge is 2.32. The second-order valence-electron chi connectivity index (χ2n) is 3.61. The van der Waals surface area contributed by atoms with Crippen molar-refractivity contribution in [3.8, 4) is 0 Å². The molecule has 0 spiro atoms. The molecule has 1 unspecified atom stereocenters. The molecule has 0 bridgehead atoms. The number of halogens is 1. The Morgan fingerprint density at radius 1 is 1.35 bits per heavy atom. The van der Waals surface area contributed by atoms with Crippen molar-refractivity contribution in [3.05, 3.63) is 30.1 Å². The summed E-state index contributed by atoms with van der Waals surface area (Å²) in [7, 11) is -3.95. The minimum atomic E-state index is -3.95. The average Bonchev–Trinajstić information content (AvgIpc) is 2.25. The summed E-state index contributed by atoms with van der Waals surface area (Å²) in [6.07, 6.45) is 0.479. The Hall–Kier alpha value is -1.43. The van der Waals surface area contributed by atoms with Crippen molar-refractivity contribution in [2.45, 2.75) is 29.9 Å². The van der Waals surface area contributed by atoms with Crippen LogP contribution in [0.25, 0.3) is 0 Å². The lowest BCUT2D eigenvalue weighted by Gasteiger charge is -2.12. The third-order valence-electron chi connectivity index (χ3n) is 2.34. The Balaban J connectivity index is 3.16. The van der Waals surface area contributed by atoms with Gasteiger partial charge < -0.3 is 5.11 Å². The highest BCUT2D eigenvalue weighted by atomic mass is 32.2. The van der Waals surface area contributed by atoms with E-state index in [4.69, 9.17) is 5.11 Å². The molecule has 0 aliphatic rings. The Morgan fingerprint density at radius 2 is 1.88 bits per heavy atom. The zero-order chi connectivity index (χ0) is 13.1. The SMILES string of the molecule is CCCC(C(=O)O)S(=O)(=O)c1ccc(F)cc1. The topological polar surface area (TPSA) is 71.4 Å². The first kappa shape index (κ1) is 13.6. The molecule has 0 aliphatic carbocycles. The lowest BCUT2D eigenvalue weighted by atomic mass is 10.2. The number of rotatable bonds is 5. The Bertz CT molecular complexity index is 493. The normalized spacial score (nSPS) is 13.3. The molecule has 0 heterocycles. The number of sulfone groups is 1. The molecular formula is C11H13FO4S. The fraction of sp³-hybridized carbons (Fsp3) is 0.364. The maximum absolute atomic E-state index is 12.7. The van der Waals surface area contributed by atoms with E-state index in [-0.39, 0.29) is 11.3 Å². The maximum Gasteiger partial charge on any atom is 0.322 e. The number of hydrogen-bond donors (Lipinski definition) is 1. The van der Waals surface area contributed by atoms with Crippen LogP contribution in [-0.4, -0.2) is 24.7 Å². The third kappa shape index (κ3) is 3.03. The first-order valence-electron chi connectivity index (χ1n) is 5.12.